The fourth-order valence-electron chi connectivity index (χ4n) is 2.15. The first-order chi connectivity index (χ1) is 7.90. The second-order valence-corrected chi connectivity index (χ2v) is 5.14. The van der Waals surface area contributed by atoms with E-state index in [2.05, 4.69) is 5.32 Å². The molecule has 0 unspecified atom stereocenters. The third kappa shape index (κ3) is 2.75. The lowest BCUT2D eigenvalue weighted by molar-refractivity contribution is 0.0385. The number of nitrogens with one attached hydrogen (secondary N) is 1. The monoisotopic (exact) mass is 273 g/mol. The summed E-state index contributed by atoms with van der Waals surface area (Å²) in [7, 11) is 0. The second-order valence-electron chi connectivity index (χ2n) is 5.14. The molecule has 1 fully saturated rings. The normalized spacial score (nSPS) is 21.6. The van der Waals surface area contributed by atoms with Crippen molar-refractivity contribution in [1.29, 1.82) is 0 Å². The fourth-order valence-corrected chi connectivity index (χ4v) is 2.15. The van der Waals surface area contributed by atoms with Crippen LogP contribution < -0.4 is 5.32 Å². The molecule has 2 rings (SSSR count). The van der Waals surface area contributed by atoms with Gasteiger partial charge in [0.2, 0.25) is 0 Å². The zero-order chi connectivity index (χ0) is 12.6. The molecular weight excluding hydrogens is 257 g/mol. The predicted octanol–water partition coefficient (Wildman–Crippen LogP) is 3.36. The van der Waals surface area contributed by atoms with Crippen molar-refractivity contribution in [2.75, 3.05) is 6.61 Å². The van der Waals surface area contributed by atoms with Crippen molar-refractivity contribution >= 4 is 18.5 Å². The second kappa shape index (κ2) is 5.14. The summed E-state index contributed by atoms with van der Waals surface area (Å²) in [6.45, 7) is 6.23. The number of amides is 1. The first-order valence-electron chi connectivity index (χ1n) is 5.59. The third-order valence-corrected chi connectivity index (χ3v) is 3.16. The Morgan fingerprint density at radius 1 is 1.44 bits per heavy atom. The van der Waals surface area contributed by atoms with Crippen LogP contribution >= 0.6 is 12.4 Å². The van der Waals surface area contributed by atoms with Crippen molar-refractivity contribution in [2.24, 2.45) is 5.41 Å². The Morgan fingerprint density at radius 2 is 2.11 bits per heavy atom. The van der Waals surface area contributed by atoms with E-state index in [1.165, 1.54) is 12.1 Å². The van der Waals surface area contributed by atoms with Gasteiger partial charge in [0.25, 0.3) is 0 Å². The van der Waals surface area contributed by atoms with E-state index in [0.717, 1.165) is 11.1 Å². The van der Waals surface area contributed by atoms with Crippen LogP contribution in [0.3, 0.4) is 0 Å². The SMILES string of the molecule is Cc1cc(F)ccc1[C@H]1NC(=O)OCC1(C)C.Cl. The van der Waals surface area contributed by atoms with Crippen molar-refractivity contribution in [3.05, 3.63) is 35.1 Å². The highest BCUT2D eigenvalue weighted by Gasteiger charge is 2.38. The zero-order valence-corrected chi connectivity index (χ0v) is 11.4. The van der Waals surface area contributed by atoms with E-state index in [9.17, 15) is 9.18 Å². The van der Waals surface area contributed by atoms with Crippen LogP contribution in [0.15, 0.2) is 18.2 Å². The number of benzene rings is 1. The lowest BCUT2D eigenvalue weighted by Gasteiger charge is -2.39. The van der Waals surface area contributed by atoms with E-state index in [-0.39, 0.29) is 29.7 Å². The maximum Gasteiger partial charge on any atom is 0.407 e. The Hall–Kier alpha value is -1.29. The van der Waals surface area contributed by atoms with Gasteiger partial charge in [-0.1, -0.05) is 19.9 Å². The molecule has 1 aromatic carbocycles. The Morgan fingerprint density at radius 3 is 2.72 bits per heavy atom. The maximum atomic E-state index is 13.1. The first-order valence-corrected chi connectivity index (χ1v) is 5.59. The summed E-state index contributed by atoms with van der Waals surface area (Å²) in [6.07, 6.45) is -0.418. The number of alkyl carbamates (subject to hydrolysis) is 1. The molecule has 3 nitrogen and oxygen atoms in total. The molecule has 1 amide bonds. The molecule has 18 heavy (non-hydrogen) atoms. The number of cyclic esters (lactones) is 1. The number of hydrogen-bond donors (Lipinski definition) is 1. The quantitative estimate of drug-likeness (QED) is 0.852. The highest BCUT2D eigenvalue weighted by molar-refractivity contribution is 5.85. The van der Waals surface area contributed by atoms with Gasteiger partial charge in [-0.15, -0.1) is 12.4 Å². The number of carbonyl (C=O) groups is 1. The Labute approximate surface area is 112 Å². The van der Waals surface area contributed by atoms with Gasteiger partial charge in [0.1, 0.15) is 12.4 Å². The van der Waals surface area contributed by atoms with Crippen LogP contribution in [0, 0.1) is 18.2 Å². The summed E-state index contributed by atoms with van der Waals surface area (Å²) in [5.41, 5.74) is 1.56. The minimum absolute atomic E-state index is 0. The predicted molar refractivity (Wildman–Crippen MR) is 69.4 cm³/mol. The smallest absolute Gasteiger partial charge is 0.407 e. The Bertz CT molecular complexity index is 462. The third-order valence-electron chi connectivity index (χ3n) is 3.16. The zero-order valence-electron chi connectivity index (χ0n) is 10.6. The standard InChI is InChI=1S/C13H16FNO2.ClH/c1-8-6-9(14)4-5-10(8)11-13(2,3)7-17-12(16)15-11;/h4-6,11H,7H2,1-3H3,(H,15,16);1H/t11-;/m1./s1. The average molecular weight is 274 g/mol. The highest BCUT2D eigenvalue weighted by Crippen LogP contribution is 2.37. The van der Waals surface area contributed by atoms with Gasteiger partial charge in [0.05, 0.1) is 6.04 Å². The van der Waals surface area contributed by atoms with Gasteiger partial charge in [0.15, 0.2) is 0 Å². The summed E-state index contributed by atoms with van der Waals surface area (Å²) in [4.78, 5) is 11.3. The molecule has 0 spiro atoms. The summed E-state index contributed by atoms with van der Waals surface area (Å²) >= 11 is 0. The van der Waals surface area contributed by atoms with Crippen molar-refractivity contribution < 1.29 is 13.9 Å². The molecule has 1 atom stereocenters. The van der Waals surface area contributed by atoms with E-state index in [1.54, 1.807) is 6.07 Å². The minimum Gasteiger partial charge on any atom is -0.449 e. The number of hydrogen-bond acceptors (Lipinski definition) is 2. The molecule has 1 aliphatic heterocycles. The van der Waals surface area contributed by atoms with E-state index in [4.69, 9.17) is 4.74 Å². The molecule has 1 aliphatic rings. The number of ether oxygens (including phenoxy) is 1. The largest absolute Gasteiger partial charge is 0.449 e. The molecule has 0 radical (unpaired) electrons. The molecule has 1 saturated heterocycles. The van der Waals surface area contributed by atoms with Crippen LogP contribution in [0.5, 0.6) is 0 Å². The van der Waals surface area contributed by atoms with Crippen LogP contribution in [0.25, 0.3) is 0 Å². The van der Waals surface area contributed by atoms with Crippen molar-refractivity contribution in [3.8, 4) is 0 Å². The number of carbonyl (C=O) groups excluding carboxylic acids is 1. The van der Waals surface area contributed by atoms with Gasteiger partial charge in [-0.3, -0.25) is 0 Å². The fraction of sp³-hybridized carbons (Fsp3) is 0.462. The minimum atomic E-state index is -0.418. The van der Waals surface area contributed by atoms with Crippen molar-refractivity contribution in [2.45, 2.75) is 26.8 Å². The molecule has 0 bridgehead atoms. The average Bonchev–Trinajstić information content (AvgIpc) is 2.23. The molecule has 0 saturated carbocycles. The van der Waals surface area contributed by atoms with Gasteiger partial charge in [0, 0.05) is 5.41 Å². The summed E-state index contributed by atoms with van der Waals surface area (Å²) in [6, 6.07) is 4.47. The lowest BCUT2D eigenvalue weighted by atomic mass is 9.79. The van der Waals surface area contributed by atoms with Crippen LogP contribution in [0.1, 0.15) is 31.0 Å². The number of halogens is 2. The van der Waals surface area contributed by atoms with E-state index in [1.807, 2.05) is 20.8 Å². The molecule has 0 aromatic heterocycles. The molecule has 1 aromatic rings. The van der Waals surface area contributed by atoms with Gasteiger partial charge >= 0.3 is 6.09 Å². The van der Waals surface area contributed by atoms with Gasteiger partial charge < -0.3 is 10.1 Å². The lowest BCUT2D eigenvalue weighted by Crippen LogP contribution is -2.47. The maximum absolute atomic E-state index is 13.1. The van der Waals surface area contributed by atoms with Gasteiger partial charge in [-0.2, -0.15) is 0 Å². The van der Waals surface area contributed by atoms with Crippen molar-refractivity contribution in [1.82, 2.24) is 5.32 Å². The summed E-state index contributed by atoms with van der Waals surface area (Å²) in [5, 5.41) is 2.80. The van der Waals surface area contributed by atoms with E-state index in [0.29, 0.717) is 6.61 Å². The van der Waals surface area contributed by atoms with Gasteiger partial charge in [-0.25, -0.2) is 9.18 Å². The van der Waals surface area contributed by atoms with Crippen molar-refractivity contribution in [3.63, 3.8) is 0 Å². The van der Waals surface area contributed by atoms with Crippen LogP contribution in [0.2, 0.25) is 0 Å². The van der Waals surface area contributed by atoms with Crippen LogP contribution in [0.4, 0.5) is 9.18 Å². The molecule has 5 heteroatoms. The molecule has 100 valence electrons. The number of rotatable bonds is 1. The number of aryl methyl sites for hydroxylation is 1. The molecule has 0 aliphatic carbocycles. The topological polar surface area (TPSA) is 38.3 Å². The molecule has 1 heterocycles. The highest BCUT2D eigenvalue weighted by atomic mass is 35.5. The Kier molecular flexibility index (Phi) is 4.22. The first kappa shape index (κ1) is 14.8. The van der Waals surface area contributed by atoms with E-state index < -0.39 is 6.09 Å². The summed E-state index contributed by atoms with van der Waals surface area (Å²) < 4.78 is 18.1. The van der Waals surface area contributed by atoms with E-state index >= 15 is 0 Å². The van der Waals surface area contributed by atoms with Crippen LogP contribution in [-0.4, -0.2) is 12.7 Å². The van der Waals surface area contributed by atoms with Crippen LogP contribution in [-0.2, 0) is 4.74 Å². The van der Waals surface area contributed by atoms with Gasteiger partial charge in [-0.05, 0) is 30.2 Å². The Balaban J connectivity index is 0.00000162. The molecular formula is C13H17ClFNO2. The summed E-state index contributed by atoms with van der Waals surface area (Å²) in [5.74, 6) is -0.262. The molecule has 1 N–H and O–H groups in total.